The third-order valence-electron chi connectivity index (χ3n) is 8.86. The van der Waals surface area contributed by atoms with Gasteiger partial charge in [0.1, 0.15) is 0 Å². The van der Waals surface area contributed by atoms with Crippen LogP contribution in [-0.4, -0.2) is 0 Å². The van der Waals surface area contributed by atoms with Crippen LogP contribution in [0.25, 0.3) is 65.0 Å². The number of rotatable bonds is 4. The average molecular weight is 576 g/mol. The van der Waals surface area contributed by atoms with Crippen LogP contribution in [0.5, 0.6) is 0 Å². The SMILES string of the molecule is [2H]c1c([2H])c(N(c2cccc3ccccc23)c2cc3ccccc3c3ccccc23)c([2H])c([2H])c1-c1ccc2c(ccc3ccccc32)c1. The molecule has 0 heterocycles. The first-order valence-corrected chi connectivity index (χ1v) is 15.2. The normalized spacial score (nSPS) is 12.8. The molecule has 0 N–H and O–H groups in total. The first kappa shape index (κ1) is 21.7. The maximum absolute atomic E-state index is 9.57. The summed E-state index contributed by atoms with van der Waals surface area (Å²) in [4.78, 5) is 1.94. The molecule has 0 spiro atoms. The second-order valence-corrected chi connectivity index (χ2v) is 11.4. The van der Waals surface area contributed by atoms with E-state index in [-0.39, 0.29) is 35.4 Å². The van der Waals surface area contributed by atoms with E-state index in [0.29, 0.717) is 5.56 Å². The molecule has 9 rings (SSSR count). The van der Waals surface area contributed by atoms with Crippen molar-refractivity contribution in [2.24, 2.45) is 0 Å². The summed E-state index contributed by atoms with van der Waals surface area (Å²) < 4.78 is 38.0. The molecule has 0 aliphatic carbocycles. The second-order valence-electron chi connectivity index (χ2n) is 11.4. The van der Waals surface area contributed by atoms with E-state index in [2.05, 4.69) is 66.7 Å². The van der Waals surface area contributed by atoms with Gasteiger partial charge in [0.2, 0.25) is 0 Å². The molecule has 0 fully saturated rings. The Kier molecular flexibility index (Phi) is 5.00. The van der Waals surface area contributed by atoms with Gasteiger partial charge < -0.3 is 4.90 Å². The van der Waals surface area contributed by atoms with E-state index >= 15 is 0 Å². The molecule has 1 heteroatoms. The van der Waals surface area contributed by atoms with E-state index in [1.807, 2.05) is 89.8 Å². The summed E-state index contributed by atoms with van der Waals surface area (Å²) in [5, 5.41) is 10.5. The Balaban J connectivity index is 1.34. The molecule has 0 amide bonds. The largest absolute Gasteiger partial charge is 0.309 e. The highest BCUT2D eigenvalue weighted by molar-refractivity contribution is 6.15. The van der Waals surface area contributed by atoms with Crippen LogP contribution in [0.1, 0.15) is 5.48 Å². The van der Waals surface area contributed by atoms with E-state index < -0.39 is 0 Å². The minimum absolute atomic E-state index is 0.0773. The highest BCUT2D eigenvalue weighted by Crippen LogP contribution is 2.44. The number of fused-ring (bicyclic) bond motifs is 7. The van der Waals surface area contributed by atoms with Crippen molar-refractivity contribution in [1.82, 2.24) is 0 Å². The standard InChI is InChI=1S/C44H29N/c1-4-14-37-32(11-1)20-21-35-28-33(24-27-39(35)37)30-22-25-36(26-23-30)45(43-19-9-13-31-10-2-6-16-40(31)43)44-29-34-12-3-5-15-38(34)41-17-7-8-18-42(41)44/h1-29H/i22D,23D,25D,26D. The predicted molar refractivity (Wildman–Crippen MR) is 194 cm³/mol. The predicted octanol–water partition coefficient (Wildman–Crippen LogP) is 12.6. The molecule has 1 nitrogen and oxygen atoms in total. The molecule has 0 saturated carbocycles. The van der Waals surface area contributed by atoms with Crippen molar-refractivity contribution < 1.29 is 5.48 Å². The van der Waals surface area contributed by atoms with E-state index in [1.165, 1.54) is 0 Å². The van der Waals surface area contributed by atoms with Gasteiger partial charge in [0.15, 0.2) is 0 Å². The van der Waals surface area contributed by atoms with Crippen molar-refractivity contribution >= 4 is 70.9 Å². The summed E-state index contributed by atoms with van der Waals surface area (Å²) in [5.74, 6) is 0. The highest BCUT2D eigenvalue weighted by Gasteiger charge is 2.19. The molecule has 0 bridgehead atoms. The van der Waals surface area contributed by atoms with Gasteiger partial charge in [0.05, 0.1) is 16.9 Å². The second kappa shape index (κ2) is 10.4. The Morgan fingerprint density at radius 1 is 0.333 bits per heavy atom. The Bertz CT molecular complexity index is 2750. The molecule has 45 heavy (non-hydrogen) atoms. The van der Waals surface area contributed by atoms with Crippen LogP contribution in [0.4, 0.5) is 17.1 Å². The van der Waals surface area contributed by atoms with Crippen molar-refractivity contribution in [1.29, 1.82) is 0 Å². The van der Waals surface area contributed by atoms with Crippen molar-refractivity contribution in [3.63, 3.8) is 0 Å². The van der Waals surface area contributed by atoms with Crippen LogP contribution >= 0.6 is 0 Å². The minimum atomic E-state index is -0.0974. The summed E-state index contributed by atoms with van der Waals surface area (Å²) in [6.07, 6.45) is 0. The Labute approximate surface area is 267 Å². The van der Waals surface area contributed by atoms with Gasteiger partial charge in [-0.3, -0.25) is 0 Å². The zero-order valence-electron chi connectivity index (χ0n) is 28.4. The Hall–Kier alpha value is -5.92. The van der Waals surface area contributed by atoms with Crippen molar-refractivity contribution in [3.8, 4) is 11.1 Å². The Morgan fingerprint density at radius 2 is 0.867 bits per heavy atom. The lowest BCUT2D eigenvalue weighted by molar-refractivity contribution is 1.32. The molecule has 0 aliphatic rings. The maximum atomic E-state index is 9.57. The third-order valence-corrected chi connectivity index (χ3v) is 8.86. The number of anilines is 3. The molecular formula is C44H29N. The summed E-state index contributed by atoms with van der Waals surface area (Å²) >= 11 is 0. The van der Waals surface area contributed by atoms with Gasteiger partial charge in [-0.25, -0.2) is 0 Å². The lowest BCUT2D eigenvalue weighted by atomic mass is 9.96. The van der Waals surface area contributed by atoms with Gasteiger partial charge in [-0.05, 0) is 84.5 Å². The fraction of sp³-hybridized carbons (Fsp3) is 0. The van der Waals surface area contributed by atoms with Gasteiger partial charge in [-0.15, -0.1) is 0 Å². The quantitative estimate of drug-likeness (QED) is 0.189. The zero-order chi connectivity index (χ0) is 33.2. The molecule has 0 saturated heterocycles. The zero-order valence-corrected chi connectivity index (χ0v) is 24.4. The van der Waals surface area contributed by atoms with Crippen LogP contribution in [0.2, 0.25) is 0 Å². The summed E-state index contributed by atoms with van der Waals surface area (Å²) in [6.45, 7) is 0. The summed E-state index contributed by atoms with van der Waals surface area (Å²) in [5.41, 5.74) is 2.72. The average Bonchev–Trinajstić information content (AvgIpc) is 3.15. The maximum Gasteiger partial charge on any atom is 0.0645 e. The van der Waals surface area contributed by atoms with Gasteiger partial charge in [0, 0.05) is 16.5 Å². The van der Waals surface area contributed by atoms with E-state index in [0.717, 1.165) is 65.2 Å². The number of benzene rings is 9. The van der Waals surface area contributed by atoms with E-state index in [1.54, 1.807) is 0 Å². The van der Waals surface area contributed by atoms with Gasteiger partial charge in [-0.1, -0.05) is 146 Å². The van der Waals surface area contributed by atoms with Crippen molar-refractivity contribution in [2.75, 3.05) is 4.90 Å². The molecule has 9 aromatic rings. The van der Waals surface area contributed by atoms with Crippen LogP contribution in [0.3, 0.4) is 0 Å². The van der Waals surface area contributed by atoms with E-state index in [9.17, 15) is 5.48 Å². The van der Waals surface area contributed by atoms with Gasteiger partial charge in [0.25, 0.3) is 0 Å². The third kappa shape index (κ3) is 4.24. The fourth-order valence-corrected chi connectivity index (χ4v) is 6.72. The van der Waals surface area contributed by atoms with Crippen LogP contribution in [0, 0.1) is 0 Å². The molecule has 0 unspecified atom stereocenters. The molecule has 210 valence electrons. The fourth-order valence-electron chi connectivity index (χ4n) is 6.72. The number of hydrogen-bond donors (Lipinski definition) is 0. The lowest BCUT2D eigenvalue weighted by Gasteiger charge is -2.29. The van der Waals surface area contributed by atoms with Crippen molar-refractivity contribution in [2.45, 2.75) is 0 Å². The van der Waals surface area contributed by atoms with Crippen molar-refractivity contribution in [3.05, 3.63) is 176 Å². The lowest BCUT2D eigenvalue weighted by Crippen LogP contribution is -2.11. The molecular weight excluding hydrogens is 542 g/mol. The topological polar surface area (TPSA) is 3.24 Å². The highest BCUT2D eigenvalue weighted by atomic mass is 15.1. The minimum Gasteiger partial charge on any atom is -0.309 e. The summed E-state index contributed by atoms with van der Waals surface area (Å²) in [7, 11) is 0. The Morgan fingerprint density at radius 3 is 1.64 bits per heavy atom. The van der Waals surface area contributed by atoms with Crippen LogP contribution in [-0.2, 0) is 0 Å². The number of hydrogen-bond acceptors (Lipinski definition) is 1. The van der Waals surface area contributed by atoms with Gasteiger partial charge >= 0.3 is 0 Å². The molecule has 0 atom stereocenters. The van der Waals surface area contributed by atoms with Gasteiger partial charge in [-0.2, -0.15) is 0 Å². The smallest absolute Gasteiger partial charge is 0.0645 e. The first-order valence-electron chi connectivity index (χ1n) is 17.2. The molecule has 9 aromatic carbocycles. The monoisotopic (exact) mass is 575 g/mol. The van der Waals surface area contributed by atoms with E-state index in [4.69, 9.17) is 0 Å². The number of nitrogens with zero attached hydrogens (tertiary/aromatic N) is 1. The van der Waals surface area contributed by atoms with Crippen LogP contribution in [0.15, 0.2) is 176 Å². The van der Waals surface area contributed by atoms with Crippen LogP contribution < -0.4 is 4.90 Å². The molecule has 0 radical (unpaired) electrons. The summed E-state index contributed by atoms with van der Waals surface area (Å²) in [6, 6.07) is 50.6. The first-order chi connectivity index (χ1) is 24.0. The molecule has 0 aliphatic heterocycles. The molecule has 0 aromatic heterocycles.